The molecule has 0 heterocycles. The van der Waals surface area contributed by atoms with Gasteiger partial charge < -0.3 is 18.9 Å². The molecule has 0 bridgehead atoms. The van der Waals surface area contributed by atoms with E-state index in [0.717, 1.165) is 31.2 Å². The van der Waals surface area contributed by atoms with E-state index in [1.165, 1.54) is 32.0 Å². The summed E-state index contributed by atoms with van der Waals surface area (Å²) in [6.07, 6.45) is -11.8. The molecule has 0 aliphatic heterocycles. The molecule has 49 heavy (non-hydrogen) atoms. The Hall–Kier alpha value is -3.02. The van der Waals surface area contributed by atoms with E-state index in [0.29, 0.717) is 11.1 Å². The molecule has 0 N–H and O–H groups in total. The normalized spacial score (nSPS) is 14.9. The minimum absolute atomic E-state index is 0.0764. The standard InChI is InChI=1S/C31H34F14O4/c1-4-5-6-7-21-8-10-22(11-9-21)23-12-24(48-19(2)15-46-17-26(32,33)28(36,37)30(40,41)42)14-25(13-23)49-20(3)16-47-18-27(34,35)29(38,39)31(43,44)45/h8-14,19-20H,4-7,15-18H2,1-3H3. The summed E-state index contributed by atoms with van der Waals surface area (Å²) in [5.74, 6) is -24.1. The Balaban J connectivity index is 2.21. The highest BCUT2D eigenvalue weighted by Gasteiger charge is 2.73. The molecule has 2 atom stereocenters. The van der Waals surface area contributed by atoms with Gasteiger partial charge in [0.15, 0.2) is 0 Å². The molecule has 0 radical (unpaired) electrons. The molecular weight excluding hydrogens is 702 g/mol. The summed E-state index contributed by atoms with van der Waals surface area (Å²) >= 11 is 0. The van der Waals surface area contributed by atoms with Crippen molar-refractivity contribution in [2.75, 3.05) is 26.4 Å². The molecule has 2 aromatic rings. The van der Waals surface area contributed by atoms with Crippen molar-refractivity contribution in [2.45, 2.75) is 94.7 Å². The smallest absolute Gasteiger partial charge is 0.459 e. The second-order valence-electron chi connectivity index (χ2n) is 11.3. The van der Waals surface area contributed by atoms with Crippen molar-refractivity contribution in [3.05, 3.63) is 48.0 Å². The molecule has 0 saturated heterocycles. The van der Waals surface area contributed by atoms with Crippen LogP contribution in [0.1, 0.15) is 45.6 Å². The Kier molecular flexibility index (Phi) is 14.1. The average Bonchev–Trinajstić information content (AvgIpc) is 2.96. The molecule has 280 valence electrons. The largest absolute Gasteiger partial charge is 0.488 e. The van der Waals surface area contributed by atoms with Gasteiger partial charge in [-0.3, -0.25) is 0 Å². The van der Waals surface area contributed by atoms with Crippen molar-refractivity contribution in [3.8, 4) is 22.6 Å². The van der Waals surface area contributed by atoms with Gasteiger partial charge in [-0.05, 0) is 55.5 Å². The maximum Gasteiger partial charge on any atom is 0.459 e. The third-order valence-corrected chi connectivity index (χ3v) is 6.81. The van der Waals surface area contributed by atoms with Gasteiger partial charge in [-0.2, -0.15) is 61.5 Å². The van der Waals surface area contributed by atoms with E-state index in [1.807, 2.05) is 19.1 Å². The number of aryl methyl sites for hydroxylation is 1. The molecule has 0 fully saturated rings. The summed E-state index contributed by atoms with van der Waals surface area (Å²) < 4.78 is 201. The Bertz CT molecular complexity index is 1240. The summed E-state index contributed by atoms with van der Waals surface area (Å²) in [5, 5.41) is 0. The zero-order valence-electron chi connectivity index (χ0n) is 26.3. The second-order valence-corrected chi connectivity index (χ2v) is 11.3. The molecule has 0 spiro atoms. The van der Waals surface area contributed by atoms with Crippen LogP contribution in [-0.4, -0.2) is 74.7 Å². The lowest BCUT2D eigenvalue weighted by Crippen LogP contribution is -2.54. The van der Waals surface area contributed by atoms with Crippen LogP contribution in [-0.2, 0) is 15.9 Å². The van der Waals surface area contributed by atoms with Gasteiger partial charge >= 0.3 is 36.0 Å². The minimum atomic E-state index is -6.54. The summed E-state index contributed by atoms with van der Waals surface area (Å²) in [6, 6.07) is 11.1. The fourth-order valence-electron chi connectivity index (χ4n) is 4.15. The topological polar surface area (TPSA) is 36.9 Å². The molecule has 4 nitrogen and oxygen atoms in total. The SMILES string of the molecule is CCCCCc1ccc(-c2cc(OC(C)COCC(F)(F)C(F)(F)C(F)(F)F)cc(OC(C)COCC(F)(F)C(F)(F)C(F)(F)F)c2)cc1. The number of hydrogen-bond acceptors (Lipinski definition) is 4. The molecule has 2 aromatic carbocycles. The average molecular weight is 737 g/mol. The fourth-order valence-corrected chi connectivity index (χ4v) is 4.15. The van der Waals surface area contributed by atoms with Crippen LogP contribution in [0.25, 0.3) is 11.1 Å². The third-order valence-electron chi connectivity index (χ3n) is 6.81. The lowest BCUT2D eigenvalue weighted by atomic mass is 10.0. The minimum Gasteiger partial charge on any atom is -0.488 e. The van der Waals surface area contributed by atoms with E-state index in [9.17, 15) is 61.5 Å². The van der Waals surface area contributed by atoms with Gasteiger partial charge in [-0.15, -0.1) is 0 Å². The van der Waals surface area contributed by atoms with Crippen molar-refractivity contribution in [3.63, 3.8) is 0 Å². The molecule has 2 unspecified atom stereocenters. The highest BCUT2D eigenvalue weighted by Crippen LogP contribution is 2.47. The van der Waals surface area contributed by atoms with Gasteiger partial charge in [0.05, 0.1) is 13.2 Å². The summed E-state index contributed by atoms with van der Waals surface area (Å²) in [7, 11) is 0. The molecule has 0 aromatic heterocycles. The number of benzene rings is 2. The Morgan fingerprint density at radius 3 is 1.33 bits per heavy atom. The molecule has 0 amide bonds. The van der Waals surface area contributed by atoms with Crippen LogP contribution in [0.5, 0.6) is 11.5 Å². The first kappa shape index (κ1) is 42.1. The number of ether oxygens (including phenoxy) is 4. The van der Waals surface area contributed by atoms with E-state index < -0.39 is 74.7 Å². The number of rotatable bonds is 19. The van der Waals surface area contributed by atoms with E-state index in [4.69, 9.17) is 9.47 Å². The van der Waals surface area contributed by atoms with Crippen LogP contribution >= 0.6 is 0 Å². The van der Waals surface area contributed by atoms with Gasteiger partial charge in [-0.25, -0.2) is 0 Å². The van der Waals surface area contributed by atoms with Gasteiger partial charge in [0, 0.05) is 6.07 Å². The van der Waals surface area contributed by atoms with Crippen molar-refractivity contribution >= 4 is 0 Å². The van der Waals surface area contributed by atoms with E-state index >= 15 is 0 Å². The second kappa shape index (κ2) is 16.3. The first-order valence-electron chi connectivity index (χ1n) is 14.7. The van der Waals surface area contributed by atoms with Gasteiger partial charge in [0.2, 0.25) is 0 Å². The predicted octanol–water partition coefficient (Wildman–Crippen LogP) is 10.3. The Labute approximate surface area is 272 Å². The van der Waals surface area contributed by atoms with E-state index in [-0.39, 0.29) is 11.5 Å². The number of unbranched alkanes of at least 4 members (excludes halogenated alkanes) is 2. The fraction of sp³-hybridized carbons (Fsp3) is 0.613. The molecule has 0 aliphatic carbocycles. The van der Waals surface area contributed by atoms with Crippen LogP contribution < -0.4 is 9.47 Å². The highest BCUT2D eigenvalue weighted by atomic mass is 19.4. The van der Waals surface area contributed by atoms with Crippen LogP contribution in [0.4, 0.5) is 61.5 Å². The molecule has 18 heteroatoms. The number of alkyl halides is 14. The van der Waals surface area contributed by atoms with Crippen molar-refractivity contribution in [1.82, 2.24) is 0 Å². The van der Waals surface area contributed by atoms with Gasteiger partial charge in [0.1, 0.15) is 36.9 Å². The summed E-state index contributed by atoms with van der Waals surface area (Å²) in [5.41, 5.74) is 1.98. The third kappa shape index (κ3) is 11.2. The van der Waals surface area contributed by atoms with Crippen LogP contribution in [0.15, 0.2) is 42.5 Å². The van der Waals surface area contributed by atoms with Crippen LogP contribution in [0.2, 0.25) is 0 Å². The van der Waals surface area contributed by atoms with Crippen LogP contribution in [0, 0.1) is 0 Å². The first-order valence-corrected chi connectivity index (χ1v) is 14.7. The summed E-state index contributed by atoms with van der Waals surface area (Å²) in [6.45, 7) is -1.87. The van der Waals surface area contributed by atoms with Gasteiger partial charge in [0.25, 0.3) is 0 Å². The lowest BCUT2D eigenvalue weighted by Gasteiger charge is -2.28. The molecule has 0 aliphatic rings. The zero-order valence-corrected chi connectivity index (χ0v) is 26.3. The number of halogens is 14. The van der Waals surface area contributed by atoms with Crippen molar-refractivity contribution in [2.24, 2.45) is 0 Å². The zero-order chi connectivity index (χ0) is 37.5. The van der Waals surface area contributed by atoms with Gasteiger partial charge in [-0.1, -0.05) is 44.0 Å². The Morgan fingerprint density at radius 1 is 0.551 bits per heavy atom. The maximum absolute atomic E-state index is 13.6. The predicted molar refractivity (Wildman–Crippen MR) is 149 cm³/mol. The first-order chi connectivity index (χ1) is 22.3. The number of hydrogen-bond donors (Lipinski definition) is 0. The van der Waals surface area contributed by atoms with Crippen molar-refractivity contribution < 1.29 is 80.4 Å². The quantitative estimate of drug-likeness (QED) is 0.106. The Morgan fingerprint density at radius 2 is 0.959 bits per heavy atom. The molecule has 0 saturated carbocycles. The highest BCUT2D eigenvalue weighted by molar-refractivity contribution is 5.67. The maximum atomic E-state index is 13.6. The van der Waals surface area contributed by atoms with E-state index in [2.05, 4.69) is 9.47 Å². The molecular formula is C31H34F14O4. The molecule has 2 rings (SSSR count). The van der Waals surface area contributed by atoms with E-state index in [1.54, 1.807) is 12.1 Å². The van der Waals surface area contributed by atoms with Crippen LogP contribution in [0.3, 0.4) is 0 Å². The van der Waals surface area contributed by atoms with Crippen molar-refractivity contribution in [1.29, 1.82) is 0 Å². The lowest BCUT2D eigenvalue weighted by molar-refractivity contribution is -0.361. The monoisotopic (exact) mass is 736 g/mol. The summed E-state index contributed by atoms with van der Waals surface area (Å²) in [4.78, 5) is 0.